The smallest absolute Gasteiger partial charge is 0.133 e. The van der Waals surface area contributed by atoms with Crippen molar-refractivity contribution < 1.29 is 4.74 Å². The van der Waals surface area contributed by atoms with E-state index in [4.69, 9.17) is 33.5 Å². The molecule has 2 aromatic carbocycles. The summed E-state index contributed by atoms with van der Waals surface area (Å²) in [5.41, 5.74) is 1.80. The molecule has 0 unspecified atom stereocenters. The van der Waals surface area contributed by atoms with Gasteiger partial charge in [0.05, 0.1) is 34.5 Å². The van der Waals surface area contributed by atoms with E-state index >= 15 is 0 Å². The summed E-state index contributed by atoms with van der Waals surface area (Å²) in [5, 5.41) is 0.713. The fourth-order valence-corrected chi connectivity index (χ4v) is 6.49. The number of likely N-dealkylation sites (tertiary alicyclic amines) is 1. The zero-order valence-corrected chi connectivity index (χ0v) is 20.2. The van der Waals surface area contributed by atoms with Crippen LogP contribution in [-0.4, -0.2) is 42.0 Å². The van der Waals surface area contributed by atoms with E-state index in [2.05, 4.69) is 15.9 Å². The number of para-hydroxylation sites is 1. The number of hydrogen-bond acceptors (Lipinski definition) is 4. The molecule has 0 radical (unpaired) electrons. The van der Waals surface area contributed by atoms with Crippen LogP contribution in [0.2, 0.25) is 5.02 Å². The lowest BCUT2D eigenvalue weighted by atomic mass is 9.70. The number of nitrogens with zero attached hydrogens (tertiary/aromatic N) is 3. The number of amidine groups is 1. The molecule has 3 aliphatic rings. The molecular formula is C26H30ClN3OS. The van der Waals surface area contributed by atoms with Gasteiger partial charge in [-0.1, -0.05) is 55.2 Å². The van der Waals surface area contributed by atoms with Gasteiger partial charge in [0.2, 0.25) is 0 Å². The number of ether oxygens (including phenoxy) is 1. The normalized spacial score (nSPS) is 24.6. The predicted octanol–water partition coefficient (Wildman–Crippen LogP) is 6.64. The number of methoxy groups -OCH3 is 1. The van der Waals surface area contributed by atoms with Crippen LogP contribution in [0.5, 0.6) is 5.75 Å². The maximum Gasteiger partial charge on any atom is 0.133 e. The summed E-state index contributed by atoms with van der Waals surface area (Å²) >= 11 is 13.0. The predicted molar refractivity (Wildman–Crippen MR) is 137 cm³/mol. The number of aliphatic imine (C=N–C) groups is 1. The number of thiocarbonyl (C=S) groups is 1. The molecule has 0 aromatic heterocycles. The van der Waals surface area contributed by atoms with E-state index in [-0.39, 0.29) is 11.5 Å². The first-order valence-electron chi connectivity index (χ1n) is 11.7. The molecule has 1 aliphatic carbocycles. The standard InChI is InChI=1S/C26H30ClN3OS/c1-31-20-13-11-19(12-14-20)28-24-23(29-17-7-8-18-29)26(15-5-2-6-16-26)25(32)30(24)22-10-4-3-9-21(22)27/h3-4,9-14,23H,2,5-8,15-18H2,1H3/t23-/m1/s1. The van der Waals surface area contributed by atoms with E-state index in [1.54, 1.807) is 7.11 Å². The number of benzene rings is 2. The van der Waals surface area contributed by atoms with E-state index in [0.717, 1.165) is 53.9 Å². The van der Waals surface area contributed by atoms with Crippen LogP contribution in [0, 0.1) is 5.41 Å². The quantitative estimate of drug-likeness (QED) is 0.471. The fraction of sp³-hybridized carbons (Fsp3) is 0.462. The molecule has 2 heterocycles. The topological polar surface area (TPSA) is 28.1 Å². The van der Waals surface area contributed by atoms with Gasteiger partial charge in [-0.05, 0) is 75.2 Å². The van der Waals surface area contributed by atoms with Crippen molar-refractivity contribution in [2.45, 2.75) is 51.0 Å². The van der Waals surface area contributed by atoms with Crippen molar-refractivity contribution in [2.75, 3.05) is 25.1 Å². The summed E-state index contributed by atoms with van der Waals surface area (Å²) < 4.78 is 5.35. The average molecular weight is 468 g/mol. The number of rotatable bonds is 4. The molecule has 4 nitrogen and oxygen atoms in total. The molecule has 6 heteroatoms. The second-order valence-corrected chi connectivity index (χ2v) is 9.92. The van der Waals surface area contributed by atoms with Crippen LogP contribution >= 0.6 is 23.8 Å². The third kappa shape index (κ3) is 3.74. The summed E-state index contributed by atoms with van der Waals surface area (Å²) in [7, 11) is 1.69. The molecule has 1 atom stereocenters. The van der Waals surface area contributed by atoms with Gasteiger partial charge in [-0.2, -0.15) is 0 Å². The lowest BCUT2D eigenvalue weighted by molar-refractivity contribution is 0.155. The van der Waals surface area contributed by atoms with Gasteiger partial charge in [-0.25, -0.2) is 4.99 Å². The average Bonchev–Trinajstić information content (AvgIpc) is 3.42. The molecule has 0 bridgehead atoms. The van der Waals surface area contributed by atoms with Gasteiger partial charge < -0.3 is 4.74 Å². The molecule has 5 rings (SSSR count). The van der Waals surface area contributed by atoms with Crippen LogP contribution in [0.4, 0.5) is 11.4 Å². The maximum atomic E-state index is 6.73. The lowest BCUT2D eigenvalue weighted by Gasteiger charge is -2.41. The van der Waals surface area contributed by atoms with E-state index in [9.17, 15) is 0 Å². The van der Waals surface area contributed by atoms with E-state index < -0.39 is 0 Å². The lowest BCUT2D eigenvalue weighted by Crippen LogP contribution is -2.49. The van der Waals surface area contributed by atoms with Crippen molar-refractivity contribution >= 4 is 46.0 Å². The van der Waals surface area contributed by atoms with Crippen molar-refractivity contribution in [2.24, 2.45) is 10.4 Å². The second kappa shape index (κ2) is 9.12. The van der Waals surface area contributed by atoms with E-state index in [0.29, 0.717) is 5.02 Å². The van der Waals surface area contributed by atoms with Crippen LogP contribution in [0.1, 0.15) is 44.9 Å². The SMILES string of the molecule is COc1ccc(N=C2[C@@H](N3CCCC3)C3(CCCCC3)C(=S)N2c2ccccc2Cl)cc1. The second-order valence-electron chi connectivity index (χ2n) is 9.12. The monoisotopic (exact) mass is 467 g/mol. The van der Waals surface area contributed by atoms with Gasteiger partial charge >= 0.3 is 0 Å². The van der Waals surface area contributed by atoms with E-state index in [1.807, 2.05) is 42.5 Å². The minimum atomic E-state index is -0.0532. The van der Waals surface area contributed by atoms with Gasteiger partial charge in [-0.3, -0.25) is 9.80 Å². The Morgan fingerprint density at radius 3 is 2.31 bits per heavy atom. The summed E-state index contributed by atoms with van der Waals surface area (Å²) in [4.78, 5) is 11.1. The largest absolute Gasteiger partial charge is 0.497 e. The summed E-state index contributed by atoms with van der Waals surface area (Å²) in [6.07, 6.45) is 8.44. The Labute approximate surface area is 201 Å². The maximum absolute atomic E-state index is 6.73. The minimum absolute atomic E-state index is 0.0532. The molecular weight excluding hydrogens is 438 g/mol. The first-order valence-corrected chi connectivity index (χ1v) is 12.5. The fourth-order valence-electron chi connectivity index (χ4n) is 5.76. The van der Waals surface area contributed by atoms with Gasteiger partial charge in [0.1, 0.15) is 11.6 Å². The Balaban J connectivity index is 1.68. The summed E-state index contributed by atoms with van der Waals surface area (Å²) in [6, 6.07) is 16.2. The summed E-state index contributed by atoms with van der Waals surface area (Å²) in [5.74, 6) is 1.86. The highest BCUT2D eigenvalue weighted by Gasteiger charge is 2.58. The van der Waals surface area contributed by atoms with Crippen LogP contribution in [0.3, 0.4) is 0 Å². The van der Waals surface area contributed by atoms with Gasteiger partial charge in [-0.15, -0.1) is 0 Å². The minimum Gasteiger partial charge on any atom is -0.497 e. The Morgan fingerprint density at radius 2 is 1.66 bits per heavy atom. The molecule has 1 spiro atoms. The molecule has 168 valence electrons. The highest BCUT2D eigenvalue weighted by Crippen LogP contribution is 2.51. The Hall–Kier alpha value is -1.95. The zero-order valence-electron chi connectivity index (χ0n) is 18.6. The molecule has 2 aliphatic heterocycles. The van der Waals surface area contributed by atoms with Crippen molar-refractivity contribution in [1.29, 1.82) is 0 Å². The highest BCUT2D eigenvalue weighted by molar-refractivity contribution is 7.80. The van der Waals surface area contributed by atoms with E-state index in [1.165, 1.54) is 32.1 Å². The molecule has 0 amide bonds. The third-order valence-corrected chi connectivity index (χ3v) is 8.20. The zero-order chi connectivity index (χ0) is 22.1. The summed E-state index contributed by atoms with van der Waals surface area (Å²) in [6.45, 7) is 2.21. The van der Waals surface area contributed by atoms with Crippen LogP contribution < -0.4 is 9.64 Å². The molecule has 32 heavy (non-hydrogen) atoms. The van der Waals surface area contributed by atoms with Crippen LogP contribution in [-0.2, 0) is 0 Å². The number of halogens is 1. The third-order valence-electron chi connectivity index (χ3n) is 7.29. The molecule has 0 N–H and O–H groups in total. The molecule has 3 fully saturated rings. The Morgan fingerprint density at radius 1 is 0.969 bits per heavy atom. The first-order chi connectivity index (χ1) is 15.6. The molecule has 1 saturated carbocycles. The van der Waals surface area contributed by atoms with Crippen molar-refractivity contribution in [3.63, 3.8) is 0 Å². The highest BCUT2D eigenvalue weighted by atomic mass is 35.5. The van der Waals surface area contributed by atoms with Crippen molar-refractivity contribution in [3.8, 4) is 5.75 Å². The Kier molecular flexibility index (Phi) is 6.24. The van der Waals surface area contributed by atoms with Gasteiger partial charge in [0, 0.05) is 5.41 Å². The first kappa shape index (κ1) is 21.9. The number of hydrogen-bond donors (Lipinski definition) is 0. The van der Waals surface area contributed by atoms with Gasteiger partial charge in [0.15, 0.2) is 0 Å². The molecule has 2 aromatic rings. The van der Waals surface area contributed by atoms with Crippen molar-refractivity contribution in [3.05, 3.63) is 53.6 Å². The Bertz CT molecular complexity index is 1010. The van der Waals surface area contributed by atoms with Crippen LogP contribution in [0.15, 0.2) is 53.5 Å². The van der Waals surface area contributed by atoms with Crippen molar-refractivity contribution in [1.82, 2.24) is 4.90 Å². The van der Waals surface area contributed by atoms with Crippen LogP contribution in [0.25, 0.3) is 0 Å². The number of anilines is 1. The molecule has 2 saturated heterocycles. The van der Waals surface area contributed by atoms with Gasteiger partial charge in [0.25, 0.3) is 0 Å².